The predicted octanol–water partition coefficient (Wildman–Crippen LogP) is 5.18. The fourth-order valence-electron chi connectivity index (χ4n) is 3.39. The number of carbonyl (C=O) groups is 1. The summed E-state index contributed by atoms with van der Waals surface area (Å²) in [5, 5.41) is 0. The summed E-state index contributed by atoms with van der Waals surface area (Å²) in [6.07, 6.45) is 4.28. The summed E-state index contributed by atoms with van der Waals surface area (Å²) in [7, 11) is 0. The molecule has 0 amide bonds. The van der Waals surface area contributed by atoms with E-state index in [4.69, 9.17) is 0 Å². The van der Waals surface area contributed by atoms with Crippen LogP contribution >= 0.6 is 0 Å². The van der Waals surface area contributed by atoms with Gasteiger partial charge in [0.2, 0.25) is 0 Å². The molecule has 1 aliphatic carbocycles. The maximum Gasteiger partial charge on any atom is 0.170 e. The van der Waals surface area contributed by atoms with Gasteiger partial charge in [0, 0.05) is 5.57 Å². The van der Waals surface area contributed by atoms with Crippen LogP contribution in [-0.2, 0) is 4.79 Å². The number of carbonyl (C=O) groups excluding carboxylic acids is 1. The van der Waals surface area contributed by atoms with Crippen molar-refractivity contribution in [1.29, 1.82) is 0 Å². The maximum atomic E-state index is 13.2. The van der Waals surface area contributed by atoms with Gasteiger partial charge in [0.15, 0.2) is 5.78 Å². The van der Waals surface area contributed by atoms with Crippen molar-refractivity contribution in [1.82, 2.24) is 0 Å². The van der Waals surface area contributed by atoms with Crippen molar-refractivity contribution in [2.75, 3.05) is 0 Å². The monoisotopic (exact) mass is 262 g/mol. The molecule has 0 aromatic rings. The summed E-state index contributed by atoms with van der Waals surface area (Å²) in [5.74, 6) is 0.606. The Morgan fingerprint density at radius 2 is 1.53 bits per heavy atom. The van der Waals surface area contributed by atoms with Gasteiger partial charge in [0.1, 0.15) is 0 Å². The number of Topliss-reactive ketones (excluding diaryl/α,β-unsaturated/α-hetero) is 1. The molecule has 0 bridgehead atoms. The molecule has 0 saturated heterocycles. The SMILES string of the molecule is CC1=CC(C(C)C)(C(C)(C)C)C(=O)C(C(C)(C)C)=C1. The van der Waals surface area contributed by atoms with Crippen molar-refractivity contribution >= 4 is 5.78 Å². The fourth-order valence-corrected chi connectivity index (χ4v) is 3.39. The molecule has 0 radical (unpaired) electrons. The normalized spacial score (nSPS) is 25.5. The van der Waals surface area contributed by atoms with Crippen LogP contribution < -0.4 is 0 Å². The molecule has 0 fully saturated rings. The van der Waals surface area contributed by atoms with Gasteiger partial charge in [0.25, 0.3) is 0 Å². The first-order chi connectivity index (χ1) is 8.34. The molecule has 1 aliphatic rings. The predicted molar refractivity (Wildman–Crippen MR) is 83.0 cm³/mol. The topological polar surface area (TPSA) is 17.1 Å². The molecule has 0 heterocycles. The largest absolute Gasteiger partial charge is 0.294 e. The summed E-state index contributed by atoms with van der Waals surface area (Å²) >= 11 is 0. The lowest BCUT2D eigenvalue weighted by atomic mass is 9.53. The highest BCUT2D eigenvalue weighted by Crippen LogP contribution is 2.52. The third-order valence-corrected chi connectivity index (χ3v) is 4.41. The first-order valence-electron chi connectivity index (χ1n) is 7.30. The lowest BCUT2D eigenvalue weighted by Crippen LogP contribution is -2.49. The zero-order chi connectivity index (χ0) is 15.2. The minimum Gasteiger partial charge on any atom is -0.294 e. The molecule has 108 valence electrons. The molecule has 0 aromatic heterocycles. The first-order valence-corrected chi connectivity index (χ1v) is 7.30. The minimum absolute atomic E-state index is 0.0791. The molecule has 0 N–H and O–H groups in total. The van der Waals surface area contributed by atoms with Crippen LogP contribution in [0.2, 0.25) is 0 Å². The van der Waals surface area contributed by atoms with Gasteiger partial charge < -0.3 is 0 Å². The Bertz CT molecular complexity index is 435. The van der Waals surface area contributed by atoms with E-state index in [0.29, 0.717) is 11.7 Å². The minimum atomic E-state index is -0.394. The second-order valence-corrected chi connectivity index (χ2v) is 8.30. The van der Waals surface area contributed by atoms with Crippen LogP contribution in [0.1, 0.15) is 62.3 Å². The Morgan fingerprint density at radius 1 is 1.05 bits per heavy atom. The average Bonchev–Trinajstić information content (AvgIpc) is 2.16. The van der Waals surface area contributed by atoms with Crippen LogP contribution in [0.25, 0.3) is 0 Å². The Balaban J connectivity index is 3.55. The number of hydrogen-bond donors (Lipinski definition) is 0. The molecule has 0 aromatic carbocycles. The zero-order valence-electron chi connectivity index (χ0n) is 14.1. The summed E-state index contributed by atoms with van der Waals surface area (Å²) in [4.78, 5) is 13.2. The van der Waals surface area contributed by atoms with Crippen LogP contribution in [0.3, 0.4) is 0 Å². The number of hydrogen-bond acceptors (Lipinski definition) is 1. The van der Waals surface area contributed by atoms with E-state index < -0.39 is 5.41 Å². The van der Waals surface area contributed by atoms with Crippen molar-refractivity contribution in [3.8, 4) is 0 Å². The molecule has 0 aliphatic heterocycles. The van der Waals surface area contributed by atoms with Gasteiger partial charge in [-0.05, 0) is 23.7 Å². The lowest BCUT2D eigenvalue weighted by molar-refractivity contribution is -0.131. The fraction of sp³-hybridized carbons (Fsp3) is 0.722. The van der Waals surface area contributed by atoms with Crippen LogP contribution in [0.5, 0.6) is 0 Å². The molecule has 1 rings (SSSR count). The van der Waals surface area contributed by atoms with Crippen molar-refractivity contribution in [2.45, 2.75) is 62.3 Å². The highest BCUT2D eigenvalue weighted by Gasteiger charge is 2.52. The third kappa shape index (κ3) is 2.57. The standard InChI is InChI=1S/C18H30O/c1-12(2)18(17(7,8)9)11-13(3)10-14(15(18)19)16(4,5)6/h10-12H,1-9H3. The van der Waals surface area contributed by atoms with Gasteiger partial charge in [-0.2, -0.15) is 0 Å². The van der Waals surface area contributed by atoms with Gasteiger partial charge in [0.05, 0.1) is 5.41 Å². The van der Waals surface area contributed by atoms with Crippen LogP contribution in [0.4, 0.5) is 0 Å². The van der Waals surface area contributed by atoms with Crippen molar-refractivity contribution in [3.63, 3.8) is 0 Å². The zero-order valence-corrected chi connectivity index (χ0v) is 14.1. The van der Waals surface area contributed by atoms with Gasteiger partial charge in [-0.1, -0.05) is 73.1 Å². The molecule has 0 spiro atoms. The van der Waals surface area contributed by atoms with Crippen LogP contribution in [-0.4, -0.2) is 5.78 Å². The van der Waals surface area contributed by atoms with E-state index in [9.17, 15) is 4.79 Å². The van der Waals surface area contributed by atoms with Gasteiger partial charge in [-0.3, -0.25) is 4.79 Å². The Morgan fingerprint density at radius 3 is 1.84 bits per heavy atom. The molecule has 19 heavy (non-hydrogen) atoms. The molecule has 1 heteroatoms. The molecular formula is C18H30O. The van der Waals surface area contributed by atoms with E-state index in [-0.39, 0.29) is 10.8 Å². The number of allylic oxidation sites excluding steroid dienone is 4. The smallest absolute Gasteiger partial charge is 0.170 e. The highest BCUT2D eigenvalue weighted by atomic mass is 16.1. The molecule has 0 saturated carbocycles. The maximum absolute atomic E-state index is 13.2. The second kappa shape index (κ2) is 4.61. The van der Waals surface area contributed by atoms with E-state index in [1.54, 1.807) is 0 Å². The Kier molecular flexibility index (Phi) is 3.93. The molecular weight excluding hydrogens is 232 g/mol. The molecule has 1 atom stereocenters. The van der Waals surface area contributed by atoms with Crippen LogP contribution in [0.15, 0.2) is 23.3 Å². The van der Waals surface area contributed by atoms with Gasteiger partial charge in [-0.15, -0.1) is 0 Å². The summed E-state index contributed by atoms with van der Waals surface area (Å²) < 4.78 is 0. The molecule has 1 unspecified atom stereocenters. The van der Waals surface area contributed by atoms with Crippen molar-refractivity contribution < 1.29 is 4.79 Å². The van der Waals surface area contributed by atoms with Gasteiger partial charge in [-0.25, -0.2) is 0 Å². The van der Waals surface area contributed by atoms with E-state index in [1.807, 2.05) is 0 Å². The summed E-state index contributed by atoms with van der Waals surface area (Å²) in [5.41, 5.74) is 1.61. The quantitative estimate of drug-likeness (QED) is 0.636. The lowest BCUT2D eigenvalue weighted by Gasteiger charge is -2.48. The first kappa shape index (κ1) is 16.2. The second-order valence-electron chi connectivity index (χ2n) is 8.30. The van der Waals surface area contributed by atoms with Crippen LogP contribution in [0, 0.1) is 22.2 Å². The summed E-state index contributed by atoms with van der Waals surface area (Å²) in [6, 6.07) is 0. The van der Waals surface area contributed by atoms with Crippen molar-refractivity contribution in [2.24, 2.45) is 22.2 Å². The van der Waals surface area contributed by atoms with E-state index in [1.165, 1.54) is 5.57 Å². The van der Waals surface area contributed by atoms with E-state index in [2.05, 4.69) is 74.5 Å². The van der Waals surface area contributed by atoms with Gasteiger partial charge >= 0.3 is 0 Å². The van der Waals surface area contributed by atoms with E-state index in [0.717, 1.165) is 5.57 Å². The third-order valence-electron chi connectivity index (χ3n) is 4.41. The summed E-state index contributed by atoms with van der Waals surface area (Å²) in [6.45, 7) is 19.4. The number of rotatable bonds is 1. The highest BCUT2D eigenvalue weighted by molar-refractivity contribution is 6.04. The average molecular weight is 262 g/mol. The molecule has 1 nitrogen and oxygen atoms in total. The van der Waals surface area contributed by atoms with E-state index >= 15 is 0 Å². The number of ketones is 1. The van der Waals surface area contributed by atoms with Crippen molar-refractivity contribution in [3.05, 3.63) is 23.3 Å². The Labute approximate surface area is 119 Å². The Hall–Kier alpha value is -0.850.